The van der Waals surface area contributed by atoms with E-state index in [4.69, 9.17) is 4.74 Å². The van der Waals surface area contributed by atoms with Gasteiger partial charge in [0.1, 0.15) is 12.3 Å². The molecule has 2 aliphatic carbocycles. The first-order chi connectivity index (χ1) is 8.15. The van der Waals surface area contributed by atoms with E-state index in [0.717, 1.165) is 31.6 Å². The lowest BCUT2D eigenvalue weighted by molar-refractivity contribution is -0.157. The minimum atomic E-state index is -0.680. The van der Waals surface area contributed by atoms with Gasteiger partial charge in [-0.15, -0.1) is 0 Å². The highest BCUT2D eigenvalue weighted by atomic mass is 19.1. The molecule has 0 radical (unpaired) electrons. The highest BCUT2D eigenvalue weighted by Gasteiger charge is 2.29. The summed E-state index contributed by atoms with van der Waals surface area (Å²) in [6.45, 7) is 2.24. The van der Waals surface area contributed by atoms with Gasteiger partial charge in [-0.1, -0.05) is 6.92 Å². The van der Waals surface area contributed by atoms with E-state index in [1.807, 2.05) is 0 Å². The fraction of sp³-hybridized carbons (Fsp3) is 0.929. The molecule has 0 spiro atoms. The molecule has 2 saturated carbocycles. The van der Waals surface area contributed by atoms with E-state index in [1.54, 1.807) is 0 Å². The van der Waals surface area contributed by atoms with Gasteiger partial charge in [-0.25, -0.2) is 4.39 Å². The van der Waals surface area contributed by atoms with Gasteiger partial charge in [0, 0.05) is 0 Å². The second-order valence-corrected chi connectivity index (χ2v) is 5.77. The summed E-state index contributed by atoms with van der Waals surface area (Å²) in [5.41, 5.74) is 0. The van der Waals surface area contributed by atoms with Crippen molar-refractivity contribution in [3.8, 4) is 0 Å². The largest absolute Gasteiger partial charge is 0.462 e. The summed E-state index contributed by atoms with van der Waals surface area (Å²) in [6.07, 6.45) is 6.03. The summed E-state index contributed by atoms with van der Waals surface area (Å²) in [4.78, 5) is 11.9. The third-order valence-electron chi connectivity index (χ3n) is 4.24. The third-order valence-corrected chi connectivity index (χ3v) is 4.24. The van der Waals surface area contributed by atoms with Crippen molar-refractivity contribution in [1.29, 1.82) is 0 Å². The molecular weight excluding hydrogens is 219 g/mol. The zero-order valence-corrected chi connectivity index (χ0v) is 10.7. The Morgan fingerprint density at radius 1 is 1.00 bits per heavy atom. The molecule has 0 unspecified atom stereocenters. The monoisotopic (exact) mass is 242 g/mol. The Kier molecular flexibility index (Phi) is 4.41. The molecule has 0 amide bonds. The first kappa shape index (κ1) is 12.8. The van der Waals surface area contributed by atoms with Gasteiger partial charge in [0.15, 0.2) is 0 Å². The fourth-order valence-electron chi connectivity index (χ4n) is 2.90. The van der Waals surface area contributed by atoms with Gasteiger partial charge in [0.25, 0.3) is 0 Å². The molecule has 0 aromatic carbocycles. The Labute approximate surface area is 103 Å². The van der Waals surface area contributed by atoms with Crippen molar-refractivity contribution in [2.24, 2.45) is 11.8 Å². The maximum absolute atomic E-state index is 13.0. The average Bonchev–Trinajstić information content (AvgIpc) is 2.33. The van der Waals surface area contributed by atoms with Crippen LogP contribution in [-0.2, 0) is 9.53 Å². The van der Waals surface area contributed by atoms with E-state index in [9.17, 15) is 9.18 Å². The summed E-state index contributed by atoms with van der Waals surface area (Å²) >= 11 is 0. The topological polar surface area (TPSA) is 26.3 Å². The Morgan fingerprint density at radius 3 is 2.18 bits per heavy atom. The van der Waals surface area contributed by atoms with E-state index in [1.165, 1.54) is 0 Å². The van der Waals surface area contributed by atoms with E-state index in [2.05, 4.69) is 6.92 Å². The van der Waals surface area contributed by atoms with Crippen LogP contribution in [0.3, 0.4) is 0 Å². The average molecular weight is 242 g/mol. The lowest BCUT2D eigenvalue weighted by atomic mass is 9.83. The highest BCUT2D eigenvalue weighted by molar-refractivity contribution is 5.72. The molecule has 0 N–H and O–H groups in total. The first-order valence-corrected chi connectivity index (χ1v) is 6.99. The van der Waals surface area contributed by atoms with Crippen LogP contribution >= 0.6 is 0 Å². The Balaban J connectivity index is 1.73. The van der Waals surface area contributed by atoms with Gasteiger partial charge >= 0.3 is 5.97 Å². The molecule has 0 aromatic rings. The Bertz CT molecular complexity index is 251. The second kappa shape index (κ2) is 5.83. The van der Waals surface area contributed by atoms with Crippen molar-refractivity contribution in [2.45, 2.75) is 70.6 Å². The molecule has 0 bridgehead atoms. The van der Waals surface area contributed by atoms with Crippen molar-refractivity contribution in [3.05, 3.63) is 0 Å². The molecule has 98 valence electrons. The number of hydrogen-bond donors (Lipinski definition) is 0. The molecule has 2 aliphatic rings. The summed E-state index contributed by atoms with van der Waals surface area (Å²) in [6, 6.07) is 0. The minimum Gasteiger partial charge on any atom is -0.462 e. The molecule has 0 atom stereocenters. The van der Waals surface area contributed by atoms with Crippen LogP contribution in [0.4, 0.5) is 4.39 Å². The van der Waals surface area contributed by atoms with Gasteiger partial charge < -0.3 is 4.74 Å². The molecule has 2 nitrogen and oxygen atoms in total. The lowest BCUT2D eigenvalue weighted by Crippen LogP contribution is -2.30. The standard InChI is InChI=1S/C14H23FO2/c1-10-2-4-11(5-3-10)14(16)17-13-8-6-12(15)7-9-13/h10-13H,2-9H2,1H3. The van der Waals surface area contributed by atoms with Gasteiger partial charge in [-0.05, 0) is 57.3 Å². The minimum absolute atomic E-state index is 0.0196. The van der Waals surface area contributed by atoms with Crippen LogP contribution in [0, 0.1) is 11.8 Å². The van der Waals surface area contributed by atoms with E-state index in [-0.39, 0.29) is 18.0 Å². The maximum atomic E-state index is 13.0. The van der Waals surface area contributed by atoms with E-state index in [0.29, 0.717) is 25.7 Å². The van der Waals surface area contributed by atoms with Crippen LogP contribution in [-0.4, -0.2) is 18.2 Å². The normalized spacial score (nSPS) is 38.7. The van der Waals surface area contributed by atoms with Crippen LogP contribution in [0.1, 0.15) is 58.3 Å². The van der Waals surface area contributed by atoms with Gasteiger partial charge in [0.05, 0.1) is 5.92 Å². The zero-order valence-electron chi connectivity index (χ0n) is 10.7. The molecule has 2 rings (SSSR count). The second-order valence-electron chi connectivity index (χ2n) is 5.77. The summed E-state index contributed by atoms with van der Waals surface area (Å²) < 4.78 is 18.5. The smallest absolute Gasteiger partial charge is 0.309 e. The number of alkyl halides is 1. The Morgan fingerprint density at radius 2 is 1.59 bits per heavy atom. The number of halogens is 1. The predicted octanol–water partition coefficient (Wildman–Crippen LogP) is 3.64. The van der Waals surface area contributed by atoms with Gasteiger partial charge in [-0.2, -0.15) is 0 Å². The SMILES string of the molecule is CC1CCC(C(=O)OC2CCC(F)CC2)CC1. The van der Waals surface area contributed by atoms with Gasteiger partial charge in [-0.3, -0.25) is 4.79 Å². The van der Waals surface area contributed by atoms with Crippen LogP contribution < -0.4 is 0 Å². The fourth-order valence-corrected chi connectivity index (χ4v) is 2.90. The lowest BCUT2D eigenvalue weighted by Gasteiger charge is -2.29. The molecule has 0 saturated heterocycles. The summed E-state index contributed by atoms with van der Waals surface area (Å²) in [7, 11) is 0. The van der Waals surface area contributed by atoms with Crippen molar-refractivity contribution in [2.75, 3.05) is 0 Å². The number of carbonyl (C=O) groups is 1. The summed E-state index contributed by atoms with van der Waals surface area (Å²) in [5.74, 6) is 0.828. The van der Waals surface area contributed by atoms with Crippen LogP contribution in [0.5, 0.6) is 0 Å². The quantitative estimate of drug-likeness (QED) is 0.691. The van der Waals surface area contributed by atoms with Crippen LogP contribution in [0.15, 0.2) is 0 Å². The van der Waals surface area contributed by atoms with Crippen molar-refractivity contribution in [1.82, 2.24) is 0 Å². The zero-order chi connectivity index (χ0) is 12.3. The molecular formula is C14H23FO2. The first-order valence-electron chi connectivity index (χ1n) is 6.99. The molecule has 3 heteroatoms. The number of ether oxygens (including phenoxy) is 1. The molecule has 0 aromatic heterocycles. The number of hydrogen-bond acceptors (Lipinski definition) is 2. The highest BCUT2D eigenvalue weighted by Crippen LogP contribution is 2.31. The van der Waals surface area contributed by atoms with Crippen molar-refractivity contribution in [3.63, 3.8) is 0 Å². The maximum Gasteiger partial charge on any atom is 0.309 e. The number of carbonyl (C=O) groups excluding carboxylic acids is 1. The number of rotatable bonds is 2. The van der Waals surface area contributed by atoms with Crippen molar-refractivity contribution < 1.29 is 13.9 Å². The predicted molar refractivity (Wildman–Crippen MR) is 64.4 cm³/mol. The van der Waals surface area contributed by atoms with Crippen LogP contribution in [0.2, 0.25) is 0 Å². The Hall–Kier alpha value is -0.600. The third kappa shape index (κ3) is 3.68. The van der Waals surface area contributed by atoms with Crippen LogP contribution in [0.25, 0.3) is 0 Å². The molecule has 0 aliphatic heterocycles. The van der Waals surface area contributed by atoms with Gasteiger partial charge in [0.2, 0.25) is 0 Å². The number of esters is 1. The molecule has 17 heavy (non-hydrogen) atoms. The van der Waals surface area contributed by atoms with E-state index >= 15 is 0 Å². The molecule has 0 heterocycles. The molecule has 2 fully saturated rings. The van der Waals surface area contributed by atoms with E-state index < -0.39 is 6.17 Å². The van der Waals surface area contributed by atoms with Crippen molar-refractivity contribution >= 4 is 5.97 Å². The summed E-state index contributed by atoms with van der Waals surface area (Å²) in [5, 5.41) is 0.